The van der Waals surface area contributed by atoms with E-state index < -0.39 is 0 Å². The molecule has 0 saturated carbocycles. The molecule has 0 heterocycles. The molecule has 0 spiro atoms. The van der Waals surface area contributed by atoms with E-state index in [0.717, 1.165) is 0 Å². The zero-order valence-corrected chi connectivity index (χ0v) is 57.3. The molecule has 1 nitrogen and oxygen atoms in total. The Labute approximate surface area is 504 Å². The summed E-state index contributed by atoms with van der Waals surface area (Å²) in [5.74, 6) is 0. The van der Waals surface area contributed by atoms with Crippen molar-refractivity contribution in [2.75, 3.05) is 20.6 Å². The van der Waals surface area contributed by atoms with E-state index in [4.69, 9.17) is 0 Å². The lowest BCUT2D eigenvalue weighted by Gasteiger charge is -2.56. The summed E-state index contributed by atoms with van der Waals surface area (Å²) < 4.78 is 1.22. The lowest BCUT2D eigenvalue weighted by atomic mass is 9.61. The van der Waals surface area contributed by atoms with Crippen molar-refractivity contribution in [1.29, 1.82) is 0 Å². The fraction of sp³-hybridized carbons (Fsp3) is 1.00. The first-order valence-corrected chi connectivity index (χ1v) is 37.6. The largest absolute Gasteiger partial charge is 1.00 e. The molecule has 2 heteroatoms. The zero-order valence-electron chi connectivity index (χ0n) is 56.5. The quantitative estimate of drug-likeness (QED) is 0.0421. The van der Waals surface area contributed by atoms with Crippen LogP contribution >= 0.6 is 0 Å². The summed E-state index contributed by atoms with van der Waals surface area (Å²) in [5.41, 5.74) is 0.749. The Morgan fingerprint density at radius 1 is 0.192 bits per heavy atom. The van der Waals surface area contributed by atoms with Gasteiger partial charge < -0.3 is 16.9 Å². The number of hydrogen-bond donors (Lipinski definition) is 0. The van der Waals surface area contributed by atoms with Crippen LogP contribution in [-0.4, -0.2) is 30.7 Å². The van der Waals surface area contributed by atoms with E-state index in [2.05, 4.69) is 55.6 Å². The lowest BCUT2D eigenvalue weighted by Crippen LogP contribution is -3.00. The van der Waals surface area contributed by atoms with Gasteiger partial charge in [0.15, 0.2) is 0 Å². The van der Waals surface area contributed by atoms with Crippen LogP contribution in [0.5, 0.6) is 0 Å². The third-order valence-corrected chi connectivity index (χ3v) is 20.4. The van der Waals surface area contributed by atoms with Crippen LogP contribution in [0.3, 0.4) is 0 Å². The van der Waals surface area contributed by atoms with Crippen LogP contribution in [0, 0.1) is 5.41 Å². The number of rotatable bonds is 68. The predicted octanol–water partition coefficient (Wildman–Crippen LogP) is 25.3. The van der Waals surface area contributed by atoms with Crippen molar-refractivity contribution in [3.05, 3.63) is 0 Å². The van der Waals surface area contributed by atoms with Crippen LogP contribution in [0.1, 0.15) is 459 Å². The van der Waals surface area contributed by atoms with Gasteiger partial charge in [0, 0.05) is 5.41 Å². The molecule has 0 atom stereocenters. The molecule has 0 saturated heterocycles. The van der Waals surface area contributed by atoms with E-state index in [-0.39, 0.29) is 12.4 Å². The van der Waals surface area contributed by atoms with Crippen LogP contribution in [0.2, 0.25) is 0 Å². The molecular formula is C76H156ClN. The van der Waals surface area contributed by atoms with Gasteiger partial charge in [-0.15, -0.1) is 0 Å². The Hall–Kier alpha value is 0.250. The number of hydrogen-bond acceptors (Lipinski definition) is 0. The highest BCUT2D eigenvalue weighted by molar-refractivity contribution is 4.95. The summed E-state index contributed by atoms with van der Waals surface area (Å²) in [7, 11) is 5.37. The predicted molar refractivity (Wildman–Crippen MR) is 356 cm³/mol. The lowest BCUT2D eigenvalue weighted by molar-refractivity contribution is -0.947. The molecule has 0 bridgehead atoms. The summed E-state index contributed by atoms with van der Waals surface area (Å²) in [4.78, 5) is 0. The van der Waals surface area contributed by atoms with Crippen LogP contribution in [0.15, 0.2) is 0 Å². The average molecular weight is 1120 g/mol. The van der Waals surface area contributed by atoms with E-state index >= 15 is 0 Å². The second-order valence-corrected chi connectivity index (χ2v) is 28.0. The van der Waals surface area contributed by atoms with Gasteiger partial charge in [-0.25, -0.2) is 0 Å². The minimum Gasteiger partial charge on any atom is -1.00 e. The molecule has 0 fully saturated rings. The van der Waals surface area contributed by atoms with Gasteiger partial charge in [-0.05, 0) is 46.0 Å². The SMILES string of the molecule is CCCCCCCCCCCCCCCCCCC(CCCCCCCCCCCCCCCC)(CCCCCCCCCCCCCCCCCC)C(C)(C)[N+](C)(C)CCCCCCCCCCCCCCCCCC.[Cl-]. The van der Waals surface area contributed by atoms with Crippen LogP contribution in [0.25, 0.3) is 0 Å². The summed E-state index contributed by atoms with van der Waals surface area (Å²) >= 11 is 0. The molecule has 0 aliphatic carbocycles. The first-order valence-electron chi connectivity index (χ1n) is 37.6. The molecular weight excluding hydrogens is 962 g/mol. The smallest absolute Gasteiger partial charge is 0.0988 e. The van der Waals surface area contributed by atoms with Gasteiger partial charge in [0.1, 0.15) is 0 Å². The van der Waals surface area contributed by atoms with E-state index in [9.17, 15) is 0 Å². The second kappa shape index (κ2) is 63.3. The Morgan fingerprint density at radius 3 is 0.474 bits per heavy atom. The zero-order chi connectivity index (χ0) is 56.2. The minimum atomic E-state index is 0. The van der Waals surface area contributed by atoms with Gasteiger partial charge in [-0.2, -0.15) is 0 Å². The summed E-state index contributed by atoms with van der Waals surface area (Å²) in [6.07, 6.45) is 95.4. The minimum absolute atomic E-state index is 0. The topological polar surface area (TPSA) is 0 Å². The second-order valence-electron chi connectivity index (χ2n) is 28.0. The van der Waals surface area contributed by atoms with Crippen molar-refractivity contribution < 1.29 is 16.9 Å². The fourth-order valence-corrected chi connectivity index (χ4v) is 14.0. The molecule has 0 amide bonds. The normalized spacial score (nSPS) is 12.3. The summed E-state index contributed by atoms with van der Waals surface area (Å²) in [6, 6.07) is 0. The van der Waals surface area contributed by atoms with E-state index in [0.29, 0.717) is 11.0 Å². The number of unbranched alkanes of at least 4 members (excludes halogenated alkanes) is 58. The van der Waals surface area contributed by atoms with E-state index in [1.165, 1.54) is 428 Å². The van der Waals surface area contributed by atoms with Crippen molar-refractivity contribution in [1.82, 2.24) is 0 Å². The van der Waals surface area contributed by atoms with Crippen LogP contribution < -0.4 is 12.4 Å². The molecule has 0 N–H and O–H groups in total. The summed E-state index contributed by atoms with van der Waals surface area (Å²) in [6.45, 7) is 16.3. The average Bonchev–Trinajstić information content (AvgIpc) is 3.47. The molecule has 0 unspecified atom stereocenters. The van der Waals surface area contributed by atoms with E-state index in [1.54, 1.807) is 0 Å². The van der Waals surface area contributed by atoms with E-state index in [1.807, 2.05) is 0 Å². The first kappa shape index (κ1) is 80.3. The monoisotopic (exact) mass is 1120 g/mol. The van der Waals surface area contributed by atoms with Crippen molar-refractivity contribution >= 4 is 0 Å². The molecule has 0 aliphatic rings. The van der Waals surface area contributed by atoms with Gasteiger partial charge in [-0.3, -0.25) is 0 Å². The van der Waals surface area contributed by atoms with Gasteiger partial charge in [0.2, 0.25) is 0 Å². The Balaban J connectivity index is 0. The first-order chi connectivity index (χ1) is 37.7. The maximum absolute atomic E-state index is 2.79. The summed E-state index contributed by atoms with van der Waals surface area (Å²) in [5, 5.41) is 0. The van der Waals surface area contributed by atoms with Gasteiger partial charge >= 0.3 is 0 Å². The standard InChI is InChI=1S/C76H156N.ClH/c1-9-13-17-21-25-29-33-37-41-44-48-52-56-60-64-68-72-76(71-67-63-59-55-51-47-40-36-32-28-24-20-16-12-4,73-69-65-61-57-53-49-45-42-38-34-30-26-22-18-14-10-2)75(5,6)77(7,8)74-70-66-62-58-54-50-46-43-39-35-31-27-23-19-15-11-3;/h9-74H2,1-8H3;1H/q+1;/p-1. The highest BCUT2D eigenvalue weighted by atomic mass is 35.5. The molecule has 0 rings (SSSR count). The van der Waals surface area contributed by atoms with Crippen molar-refractivity contribution in [3.63, 3.8) is 0 Å². The number of quaternary nitrogens is 1. The maximum atomic E-state index is 2.79. The molecule has 0 aromatic heterocycles. The Bertz CT molecular complexity index is 1040. The molecule has 78 heavy (non-hydrogen) atoms. The molecule has 0 radical (unpaired) electrons. The van der Waals surface area contributed by atoms with Crippen molar-refractivity contribution in [2.45, 2.75) is 464 Å². The highest BCUT2D eigenvalue weighted by Gasteiger charge is 2.53. The Morgan fingerprint density at radius 2 is 0.321 bits per heavy atom. The fourth-order valence-electron chi connectivity index (χ4n) is 14.0. The molecule has 0 aromatic rings. The van der Waals surface area contributed by atoms with Gasteiger partial charge in [0.25, 0.3) is 0 Å². The maximum Gasteiger partial charge on any atom is 0.0988 e. The number of nitrogens with zero attached hydrogens (tertiary/aromatic N) is 1. The van der Waals surface area contributed by atoms with Gasteiger partial charge in [0.05, 0.1) is 26.2 Å². The van der Waals surface area contributed by atoms with Crippen LogP contribution in [0.4, 0.5) is 0 Å². The van der Waals surface area contributed by atoms with Crippen LogP contribution in [-0.2, 0) is 0 Å². The van der Waals surface area contributed by atoms with Crippen molar-refractivity contribution in [3.8, 4) is 0 Å². The van der Waals surface area contributed by atoms with Crippen molar-refractivity contribution in [2.24, 2.45) is 5.41 Å². The third kappa shape index (κ3) is 50.7. The van der Waals surface area contributed by atoms with Gasteiger partial charge in [-0.1, -0.05) is 413 Å². The molecule has 472 valence electrons. The Kier molecular flexibility index (Phi) is 65.2. The molecule has 0 aliphatic heterocycles. The third-order valence-electron chi connectivity index (χ3n) is 20.4. The number of halogens is 1. The molecule has 0 aromatic carbocycles. The highest BCUT2D eigenvalue weighted by Crippen LogP contribution is 2.51.